The van der Waals surface area contributed by atoms with Gasteiger partial charge in [0.05, 0.1) is 0 Å². The van der Waals surface area contributed by atoms with Crippen LogP contribution in [-0.2, 0) is 12.8 Å². The first-order valence-electron chi connectivity index (χ1n) is 6.38. The molecular weight excluding hydrogens is 244 g/mol. The Morgan fingerprint density at radius 2 is 0.889 bits per heavy atom. The summed E-state index contributed by atoms with van der Waals surface area (Å²) in [6.45, 7) is 3.69. The van der Waals surface area contributed by atoms with E-state index in [1.165, 1.54) is 0 Å². The van der Waals surface area contributed by atoms with Crippen LogP contribution in [0.25, 0.3) is 0 Å². The zero-order valence-corrected chi connectivity index (χ0v) is 10.8. The van der Waals surface area contributed by atoms with Gasteiger partial charge < -0.3 is 0 Å². The van der Waals surface area contributed by atoms with E-state index in [9.17, 15) is 17.6 Å². The number of benzene rings is 1. The van der Waals surface area contributed by atoms with Crippen molar-refractivity contribution in [2.45, 2.75) is 52.4 Å². The van der Waals surface area contributed by atoms with Gasteiger partial charge in [0.1, 0.15) is 0 Å². The van der Waals surface area contributed by atoms with Crippen LogP contribution >= 0.6 is 0 Å². The van der Waals surface area contributed by atoms with Gasteiger partial charge in [-0.15, -0.1) is 0 Å². The zero-order valence-electron chi connectivity index (χ0n) is 10.8. The normalized spacial score (nSPS) is 11.0. The molecule has 0 nitrogen and oxygen atoms in total. The molecular formula is C14H18F4. The van der Waals surface area contributed by atoms with Gasteiger partial charge in [-0.3, -0.25) is 0 Å². The lowest BCUT2D eigenvalue weighted by Crippen LogP contribution is -2.09. The Morgan fingerprint density at radius 1 is 0.611 bits per heavy atom. The number of hydrogen-bond donors (Lipinski definition) is 0. The van der Waals surface area contributed by atoms with E-state index in [-0.39, 0.29) is 12.8 Å². The summed E-state index contributed by atoms with van der Waals surface area (Å²) < 4.78 is 54.7. The number of hydrogen-bond acceptors (Lipinski definition) is 0. The van der Waals surface area contributed by atoms with Crippen molar-refractivity contribution in [2.24, 2.45) is 0 Å². The summed E-state index contributed by atoms with van der Waals surface area (Å²) in [5.41, 5.74) is -0.931. The molecule has 0 fully saturated rings. The Labute approximate surface area is 105 Å². The van der Waals surface area contributed by atoms with Gasteiger partial charge >= 0.3 is 0 Å². The van der Waals surface area contributed by atoms with E-state index >= 15 is 0 Å². The van der Waals surface area contributed by atoms with Crippen molar-refractivity contribution in [1.82, 2.24) is 0 Å². The molecule has 0 bridgehead atoms. The maximum absolute atomic E-state index is 13.7. The van der Waals surface area contributed by atoms with Gasteiger partial charge in [-0.2, -0.15) is 0 Å². The molecule has 0 aliphatic carbocycles. The van der Waals surface area contributed by atoms with Crippen LogP contribution in [0, 0.1) is 23.3 Å². The third-order valence-corrected chi connectivity index (χ3v) is 3.01. The third-order valence-electron chi connectivity index (χ3n) is 3.01. The lowest BCUT2D eigenvalue weighted by molar-refractivity contribution is 0.422. The summed E-state index contributed by atoms with van der Waals surface area (Å²) in [5, 5.41) is 0. The first-order chi connectivity index (χ1) is 8.54. The second kappa shape index (κ2) is 6.76. The summed E-state index contributed by atoms with van der Waals surface area (Å²) in [6.07, 6.45) is 2.47. The predicted molar refractivity (Wildman–Crippen MR) is 63.5 cm³/mol. The van der Waals surface area contributed by atoms with E-state index in [1.807, 2.05) is 13.8 Å². The quantitative estimate of drug-likeness (QED) is 0.504. The van der Waals surface area contributed by atoms with Crippen LogP contribution in [-0.4, -0.2) is 0 Å². The van der Waals surface area contributed by atoms with Gasteiger partial charge in [0, 0.05) is 11.1 Å². The minimum atomic E-state index is -1.23. The van der Waals surface area contributed by atoms with Crippen LogP contribution in [0.4, 0.5) is 17.6 Å². The van der Waals surface area contributed by atoms with E-state index in [0.717, 1.165) is 0 Å². The van der Waals surface area contributed by atoms with Crippen LogP contribution in [0.1, 0.15) is 50.7 Å². The van der Waals surface area contributed by atoms with Crippen molar-refractivity contribution in [2.75, 3.05) is 0 Å². The van der Waals surface area contributed by atoms with E-state index in [4.69, 9.17) is 0 Å². The van der Waals surface area contributed by atoms with Gasteiger partial charge in [0.2, 0.25) is 0 Å². The average molecular weight is 262 g/mol. The second-order valence-corrected chi connectivity index (χ2v) is 4.42. The minimum Gasteiger partial charge on any atom is -0.203 e. The van der Waals surface area contributed by atoms with Crippen molar-refractivity contribution in [1.29, 1.82) is 0 Å². The predicted octanol–water partition coefficient (Wildman–Crippen LogP) is 4.93. The molecule has 0 aliphatic heterocycles. The Kier molecular flexibility index (Phi) is 5.63. The molecule has 1 aromatic rings. The fourth-order valence-corrected chi connectivity index (χ4v) is 1.87. The molecule has 0 radical (unpaired) electrons. The van der Waals surface area contributed by atoms with Crippen LogP contribution in [0.15, 0.2) is 0 Å². The average Bonchev–Trinajstić information content (AvgIpc) is 2.37. The molecule has 0 unspecified atom stereocenters. The Morgan fingerprint density at radius 3 is 1.11 bits per heavy atom. The van der Waals surface area contributed by atoms with Crippen molar-refractivity contribution >= 4 is 0 Å². The van der Waals surface area contributed by atoms with Gasteiger partial charge in [0.15, 0.2) is 23.3 Å². The van der Waals surface area contributed by atoms with E-state index in [0.29, 0.717) is 25.7 Å². The first kappa shape index (κ1) is 15.0. The number of unbranched alkanes of at least 4 members (excludes halogenated alkanes) is 2. The second-order valence-electron chi connectivity index (χ2n) is 4.42. The molecule has 0 N–H and O–H groups in total. The van der Waals surface area contributed by atoms with Crippen molar-refractivity contribution < 1.29 is 17.6 Å². The van der Waals surface area contributed by atoms with E-state index in [2.05, 4.69) is 0 Å². The van der Waals surface area contributed by atoms with E-state index < -0.39 is 34.4 Å². The minimum absolute atomic E-state index is 0.0239. The Balaban J connectivity index is 3.18. The smallest absolute Gasteiger partial charge is 0.165 e. The molecule has 0 aromatic heterocycles. The summed E-state index contributed by atoms with van der Waals surface area (Å²) >= 11 is 0. The van der Waals surface area contributed by atoms with Crippen molar-refractivity contribution in [3.63, 3.8) is 0 Å². The van der Waals surface area contributed by atoms with Gasteiger partial charge in [-0.25, -0.2) is 17.6 Å². The highest BCUT2D eigenvalue weighted by Gasteiger charge is 2.24. The molecule has 0 aliphatic rings. The fraction of sp³-hybridized carbons (Fsp3) is 0.571. The highest BCUT2D eigenvalue weighted by atomic mass is 19.2. The standard InChI is InChI=1S/C14H18F4/c1-3-5-7-9-11(15)13(17)10(8-6-4-2)14(18)12(9)16/h3-8H2,1-2H3. The molecule has 0 amide bonds. The van der Waals surface area contributed by atoms with Gasteiger partial charge in [-0.1, -0.05) is 26.7 Å². The maximum atomic E-state index is 13.7. The first-order valence-corrected chi connectivity index (χ1v) is 6.38. The van der Waals surface area contributed by atoms with Crippen LogP contribution in [0.5, 0.6) is 0 Å². The fourth-order valence-electron chi connectivity index (χ4n) is 1.87. The topological polar surface area (TPSA) is 0 Å². The lowest BCUT2D eigenvalue weighted by Gasteiger charge is -2.11. The van der Waals surface area contributed by atoms with Gasteiger partial charge in [0.25, 0.3) is 0 Å². The third kappa shape index (κ3) is 3.03. The SMILES string of the molecule is CCCCc1c(F)c(F)c(CCCC)c(F)c1F. The maximum Gasteiger partial charge on any atom is 0.165 e. The van der Waals surface area contributed by atoms with Crippen molar-refractivity contribution in [3.05, 3.63) is 34.4 Å². The molecule has 4 heteroatoms. The Bertz CT molecular complexity index is 345. The molecule has 0 heterocycles. The van der Waals surface area contributed by atoms with Crippen LogP contribution < -0.4 is 0 Å². The molecule has 0 saturated carbocycles. The molecule has 1 aromatic carbocycles. The Hall–Kier alpha value is -1.06. The lowest BCUT2D eigenvalue weighted by atomic mass is 10.00. The van der Waals surface area contributed by atoms with Crippen LogP contribution in [0.3, 0.4) is 0 Å². The molecule has 0 atom stereocenters. The zero-order chi connectivity index (χ0) is 13.7. The molecule has 102 valence electrons. The van der Waals surface area contributed by atoms with E-state index in [1.54, 1.807) is 0 Å². The summed E-state index contributed by atoms with van der Waals surface area (Å²) in [5.74, 6) is -4.91. The summed E-state index contributed by atoms with van der Waals surface area (Å²) in [7, 11) is 0. The number of halogens is 4. The van der Waals surface area contributed by atoms with Gasteiger partial charge in [-0.05, 0) is 25.7 Å². The highest BCUT2D eigenvalue weighted by molar-refractivity contribution is 5.30. The highest BCUT2D eigenvalue weighted by Crippen LogP contribution is 2.26. The number of rotatable bonds is 6. The molecule has 1 rings (SSSR count). The summed E-state index contributed by atoms with van der Waals surface area (Å²) in [6, 6.07) is 0. The van der Waals surface area contributed by atoms with Crippen molar-refractivity contribution in [3.8, 4) is 0 Å². The monoisotopic (exact) mass is 262 g/mol. The molecule has 18 heavy (non-hydrogen) atoms. The molecule has 0 spiro atoms. The largest absolute Gasteiger partial charge is 0.203 e. The molecule has 0 saturated heterocycles. The van der Waals surface area contributed by atoms with Crippen LogP contribution in [0.2, 0.25) is 0 Å². The summed E-state index contributed by atoms with van der Waals surface area (Å²) in [4.78, 5) is 0.